The van der Waals surface area contributed by atoms with E-state index in [1.807, 2.05) is 6.92 Å². The van der Waals surface area contributed by atoms with Crippen molar-refractivity contribution in [2.24, 2.45) is 0 Å². The van der Waals surface area contributed by atoms with Gasteiger partial charge in [0.15, 0.2) is 0 Å². The van der Waals surface area contributed by atoms with Gasteiger partial charge in [-0.25, -0.2) is 4.79 Å². The van der Waals surface area contributed by atoms with Crippen molar-refractivity contribution < 1.29 is 19.1 Å². The number of piperidine rings is 1. The number of methoxy groups -OCH3 is 1. The summed E-state index contributed by atoms with van der Waals surface area (Å²) in [5.74, 6) is 0.986. The maximum absolute atomic E-state index is 11.5. The lowest BCUT2D eigenvalue weighted by Crippen LogP contribution is -2.41. The van der Waals surface area contributed by atoms with Gasteiger partial charge < -0.3 is 14.3 Å². The molecule has 0 spiro atoms. The third-order valence-electron chi connectivity index (χ3n) is 3.69. The fourth-order valence-electron chi connectivity index (χ4n) is 2.35. The van der Waals surface area contributed by atoms with Crippen LogP contribution in [-0.4, -0.2) is 41.8 Å². The van der Waals surface area contributed by atoms with Crippen LogP contribution in [0.25, 0.3) is 0 Å². The summed E-state index contributed by atoms with van der Waals surface area (Å²) < 4.78 is 10.3. The minimum Gasteiger partial charge on any atom is -0.465 e. The number of carbonyl (C=O) groups excluding carboxylic acids is 1. The van der Waals surface area contributed by atoms with E-state index in [2.05, 4.69) is 4.90 Å². The summed E-state index contributed by atoms with van der Waals surface area (Å²) in [6, 6.07) is 1.74. The van der Waals surface area contributed by atoms with E-state index in [-0.39, 0.29) is 5.97 Å². The van der Waals surface area contributed by atoms with Crippen molar-refractivity contribution in [2.75, 3.05) is 20.2 Å². The molecule has 106 valence electrons. The van der Waals surface area contributed by atoms with Crippen molar-refractivity contribution in [1.82, 2.24) is 4.90 Å². The van der Waals surface area contributed by atoms with E-state index in [0.717, 1.165) is 31.7 Å². The average Bonchev–Trinajstić information content (AvgIpc) is 2.72. The van der Waals surface area contributed by atoms with Gasteiger partial charge in [0.25, 0.3) is 0 Å². The van der Waals surface area contributed by atoms with Crippen molar-refractivity contribution in [1.29, 1.82) is 0 Å². The largest absolute Gasteiger partial charge is 0.465 e. The van der Waals surface area contributed by atoms with Crippen LogP contribution in [0.1, 0.15) is 41.6 Å². The minimum absolute atomic E-state index is 0.367. The summed E-state index contributed by atoms with van der Waals surface area (Å²) in [5.41, 5.74) is -0.0613. The fourth-order valence-corrected chi connectivity index (χ4v) is 2.35. The number of carbonyl (C=O) groups is 1. The van der Waals surface area contributed by atoms with Gasteiger partial charge in [0.1, 0.15) is 17.1 Å². The van der Waals surface area contributed by atoms with Gasteiger partial charge in [-0.1, -0.05) is 0 Å². The van der Waals surface area contributed by atoms with E-state index in [4.69, 9.17) is 9.15 Å². The lowest BCUT2D eigenvalue weighted by Gasteiger charge is -2.35. The molecule has 2 rings (SSSR count). The molecule has 0 amide bonds. The van der Waals surface area contributed by atoms with Crippen LogP contribution < -0.4 is 0 Å². The predicted molar refractivity (Wildman–Crippen MR) is 69.9 cm³/mol. The molecule has 1 aliphatic heterocycles. The number of likely N-dealkylation sites (tertiary alicyclic amines) is 1. The first-order valence-corrected chi connectivity index (χ1v) is 6.54. The summed E-state index contributed by atoms with van der Waals surface area (Å²) in [7, 11) is 1.36. The Balaban J connectivity index is 1.99. The first kappa shape index (κ1) is 14.1. The van der Waals surface area contributed by atoms with Crippen molar-refractivity contribution in [3.63, 3.8) is 0 Å². The Morgan fingerprint density at radius 2 is 2.16 bits per heavy atom. The van der Waals surface area contributed by atoms with Crippen LogP contribution in [0, 0.1) is 6.92 Å². The number of hydrogen-bond donors (Lipinski definition) is 1. The second kappa shape index (κ2) is 5.35. The molecule has 0 bridgehead atoms. The zero-order chi connectivity index (χ0) is 14.0. The molecule has 0 unspecified atom stereocenters. The van der Waals surface area contributed by atoms with E-state index in [0.29, 0.717) is 17.9 Å². The first-order valence-electron chi connectivity index (χ1n) is 6.54. The summed E-state index contributed by atoms with van der Waals surface area (Å²) in [6.45, 7) is 5.96. The fraction of sp³-hybridized carbons (Fsp3) is 0.643. The third-order valence-corrected chi connectivity index (χ3v) is 3.69. The number of ether oxygens (including phenoxy) is 1. The normalized spacial score (nSPS) is 19.4. The van der Waals surface area contributed by atoms with Gasteiger partial charge >= 0.3 is 5.97 Å². The Morgan fingerprint density at radius 1 is 1.53 bits per heavy atom. The number of esters is 1. The van der Waals surface area contributed by atoms with E-state index in [9.17, 15) is 9.90 Å². The molecule has 1 saturated heterocycles. The van der Waals surface area contributed by atoms with Crippen molar-refractivity contribution in [3.05, 3.63) is 23.2 Å². The summed E-state index contributed by atoms with van der Waals surface area (Å²) in [5, 5.41) is 9.90. The van der Waals surface area contributed by atoms with Gasteiger partial charge in [-0.15, -0.1) is 0 Å². The van der Waals surface area contributed by atoms with Crippen LogP contribution in [0.5, 0.6) is 0 Å². The molecule has 0 aromatic carbocycles. The van der Waals surface area contributed by atoms with Crippen LogP contribution in [-0.2, 0) is 11.3 Å². The van der Waals surface area contributed by atoms with Crippen molar-refractivity contribution in [2.45, 2.75) is 38.8 Å². The molecule has 2 heterocycles. The number of hydrogen-bond acceptors (Lipinski definition) is 5. The Kier molecular flexibility index (Phi) is 3.96. The molecular formula is C14H21NO4. The molecule has 5 nitrogen and oxygen atoms in total. The summed E-state index contributed by atoms with van der Waals surface area (Å²) in [6.07, 6.45) is 1.52. The lowest BCUT2D eigenvalue weighted by atomic mass is 9.94. The Labute approximate surface area is 113 Å². The van der Waals surface area contributed by atoms with E-state index in [1.165, 1.54) is 7.11 Å². The predicted octanol–water partition coefficient (Wildman–Crippen LogP) is 1.72. The van der Waals surface area contributed by atoms with Crippen LogP contribution in [0.4, 0.5) is 0 Å². The quantitative estimate of drug-likeness (QED) is 0.845. The Bertz CT molecular complexity index is 454. The first-order chi connectivity index (χ1) is 8.91. The van der Waals surface area contributed by atoms with Gasteiger partial charge in [-0.3, -0.25) is 4.90 Å². The van der Waals surface area contributed by atoms with E-state index in [1.54, 1.807) is 13.0 Å². The SMILES string of the molecule is COC(=O)c1cc(CN2CCC(C)(O)CC2)oc1C. The average molecular weight is 267 g/mol. The van der Waals surface area contributed by atoms with Crippen molar-refractivity contribution in [3.8, 4) is 0 Å². The number of aryl methyl sites for hydroxylation is 1. The highest BCUT2D eigenvalue weighted by molar-refractivity contribution is 5.90. The second-order valence-corrected chi connectivity index (χ2v) is 5.45. The second-order valence-electron chi connectivity index (χ2n) is 5.45. The van der Waals surface area contributed by atoms with Crippen LogP contribution in [0.2, 0.25) is 0 Å². The molecule has 0 saturated carbocycles. The highest BCUT2D eigenvalue weighted by atomic mass is 16.5. The van der Waals surface area contributed by atoms with Crippen LogP contribution in [0.3, 0.4) is 0 Å². The minimum atomic E-state index is -0.549. The number of rotatable bonds is 3. The van der Waals surface area contributed by atoms with Gasteiger partial charge in [0.2, 0.25) is 0 Å². The Morgan fingerprint density at radius 3 is 2.74 bits per heavy atom. The topological polar surface area (TPSA) is 62.9 Å². The Hall–Kier alpha value is -1.33. The van der Waals surface area contributed by atoms with Crippen LogP contribution in [0.15, 0.2) is 10.5 Å². The maximum atomic E-state index is 11.5. The molecule has 5 heteroatoms. The van der Waals surface area contributed by atoms with E-state index >= 15 is 0 Å². The standard InChI is InChI=1S/C14H21NO4/c1-10-12(13(16)18-3)8-11(19-10)9-15-6-4-14(2,17)5-7-15/h8,17H,4-7,9H2,1-3H3. The molecule has 0 radical (unpaired) electrons. The number of aliphatic hydroxyl groups is 1. The van der Waals surface area contributed by atoms with Crippen molar-refractivity contribution >= 4 is 5.97 Å². The summed E-state index contributed by atoms with van der Waals surface area (Å²) >= 11 is 0. The number of nitrogens with zero attached hydrogens (tertiary/aromatic N) is 1. The molecule has 1 N–H and O–H groups in total. The molecule has 1 aromatic rings. The zero-order valence-corrected chi connectivity index (χ0v) is 11.7. The van der Waals surface area contributed by atoms with Gasteiger partial charge in [0, 0.05) is 13.1 Å². The van der Waals surface area contributed by atoms with Gasteiger partial charge in [0.05, 0.1) is 19.3 Å². The molecule has 1 aromatic heterocycles. The maximum Gasteiger partial charge on any atom is 0.341 e. The number of furan rings is 1. The molecule has 0 atom stereocenters. The molecule has 1 aliphatic rings. The van der Waals surface area contributed by atoms with Gasteiger partial charge in [-0.2, -0.15) is 0 Å². The zero-order valence-electron chi connectivity index (χ0n) is 11.7. The lowest BCUT2D eigenvalue weighted by molar-refractivity contribution is -0.00875. The molecular weight excluding hydrogens is 246 g/mol. The smallest absolute Gasteiger partial charge is 0.341 e. The van der Waals surface area contributed by atoms with Gasteiger partial charge in [-0.05, 0) is 32.8 Å². The molecule has 0 aliphatic carbocycles. The summed E-state index contributed by atoms with van der Waals surface area (Å²) in [4.78, 5) is 13.7. The molecule has 19 heavy (non-hydrogen) atoms. The monoisotopic (exact) mass is 267 g/mol. The van der Waals surface area contributed by atoms with E-state index < -0.39 is 5.60 Å². The molecule has 1 fully saturated rings. The highest BCUT2D eigenvalue weighted by Gasteiger charge is 2.28. The highest BCUT2D eigenvalue weighted by Crippen LogP contribution is 2.24. The third kappa shape index (κ3) is 3.36. The van der Waals surface area contributed by atoms with Crippen LogP contribution >= 0.6 is 0 Å².